The Bertz CT molecular complexity index is 1070. The highest BCUT2D eigenvalue weighted by molar-refractivity contribution is 7.18. The van der Waals surface area contributed by atoms with Crippen molar-refractivity contribution in [3.8, 4) is 0 Å². The van der Waals surface area contributed by atoms with Gasteiger partial charge in [0.1, 0.15) is 11.4 Å². The van der Waals surface area contributed by atoms with Crippen molar-refractivity contribution in [2.45, 2.75) is 45.2 Å². The number of benzene rings is 1. The van der Waals surface area contributed by atoms with Crippen LogP contribution in [0.2, 0.25) is 5.02 Å². The van der Waals surface area contributed by atoms with Crippen molar-refractivity contribution in [3.63, 3.8) is 0 Å². The highest BCUT2D eigenvalue weighted by Gasteiger charge is 2.21. The second-order valence-corrected chi connectivity index (χ2v) is 8.37. The zero-order chi connectivity index (χ0) is 19.0. The van der Waals surface area contributed by atoms with E-state index in [-0.39, 0.29) is 24.1 Å². The van der Waals surface area contributed by atoms with Crippen LogP contribution >= 0.6 is 22.9 Å². The second kappa shape index (κ2) is 7.44. The number of amides is 1. The molecule has 2 aromatic heterocycles. The molecule has 1 amide bonds. The number of nitrogens with one attached hydrogen (secondary N) is 1. The summed E-state index contributed by atoms with van der Waals surface area (Å²) in [6, 6.07) is 7.16. The van der Waals surface area contributed by atoms with Crippen LogP contribution in [0.4, 0.5) is 0 Å². The molecule has 0 aliphatic heterocycles. The van der Waals surface area contributed by atoms with Gasteiger partial charge in [0.05, 0.1) is 17.8 Å². The molecule has 2 heterocycles. The van der Waals surface area contributed by atoms with E-state index in [1.165, 1.54) is 15.8 Å². The molecule has 1 aliphatic rings. The van der Waals surface area contributed by atoms with Crippen molar-refractivity contribution < 1.29 is 4.79 Å². The van der Waals surface area contributed by atoms with E-state index in [9.17, 15) is 9.59 Å². The van der Waals surface area contributed by atoms with Gasteiger partial charge in [-0.05, 0) is 49.8 Å². The Morgan fingerprint density at radius 2 is 2.11 bits per heavy atom. The standard InChI is InChI=1S/C20H20ClN3O2S/c1-12(13-6-2-4-8-15(13)21)23-17(25)10-24-11-22-19-18(20(24)26)14-7-3-5-9-16(14)27-19/h2,4,6,8,11-12H,3,5,7,9-10H2,1H3,(H,23,25)/t12-/m0/s1. The fraction of sp³-hybridized carbons (Fsp3) is 0.350. The van der Waals surface area contributed by atoms with Crippen LogP contribution in [0.15, 0.2) is 35.4 Å². The zero-order valence-electron chi connectivity index (χ0n) is 15.0. The number of thiophene rings is 1. The average Bonchev–Trinajstić information content (AvgIpc) is 3.03. The number of halogens is 1. The van der Waals surface area contributed by atoms with Crippen LogP contribution in [0.1, 0.15) is 41.8 Å². The number of fused-ring (bicyclic) bond motifs is 3. The first kappa shape index (κ1) is 18.2. The maximum absolute atomic E-state index is 12.9. The maximum Gasteiger partial charge on any atom is 0.262 e. The summed E-state index contributed by atoms with van der Waals surface area (Å²) in [5, 5.41) is 4.21. The molecular formula is C20H20ClN3O2S. The summed E-state index contributed by atoms with van der Waals surface area (Å²) in [5.41, 5.74) is 1.86. The zero-order valence-corrected chi connectivity index (χ0v) is 16.6. The lowest BCUT2D eigenvalue weighted by molar-refractivity contribution is -0.122. The van der Waals surface area contributed by atoms with Gasteiger partial charge in [-0.1, -0.05) is 29.8 Å². The number of hydrogen-bond acceptors (Lipinski definition) is 4. The third-order valence-corrected chi connectivity index (χ3v) is 6.55. The molecule has 0 radical (unpaired) electrons. The van der Waals surface area contributed by atoms with Crippen molar-refractivity contribution in [1.82, 2.24) is 14.9 Å². The third kappa shape index (κ3) is 3.51. The van der Waals surface area contributed by atoms with Gasteiger partial charge in [-0.2, -0.15) is 0 Å². The molecule has 0 spiro atoms. The molecule has 0 saturated carbocycles. The molecule has 1 aromatic carbocycles. The van der Waals surface area contributed by atoms with Crippen molar-refractivity contribution in [2.24, 2.45) is 0 Å². The molecule has 4 rings (SSSR count). The fourth-order valence-corrected chi connectivity index (χ4v) is 5.16. The maximum atomic E-state index is 12.9. The van der Waals surface area contributed by atoms with E-state index in [0.717, 1.165) is 41.6 Å². The lowest BCUT2D eigenvalue weighted by atomic mass is 9.97. The molecular weight excluding hydrogens is 382 g/mol. The smallest absolute Gasteiger partial charge is 0.262 e. The third-order valence-electron chi connectivity index (χ3n) is 5.00. The number of rotatable bonds is 4. The van der Waals surface area contributed by atoms with Crippen molar-refractivity contribution in [3.05, 3.63) is 62.0 Å². The topological polar surface area (TPSA) is 64.0 Å². The predicted molar refractivity (Wildman–Crippen MR) is 109 cm³/mol. The molecule has 0 fully saturated rings. The van der Waals surface area contributed by atoms with Crippen LogP contribution in [0.3, 0.4) is 0 Å². The first-order valence-corrected chi connectivity index (χ1v) is 10.3. The van der Waals surface area contributed by atoms with Crippen LogP contribution in [0.5, 0.6) is 0 Å². The molecule has 27 heavy (non-hydrogen) atoms. The normalized spacial score (nSPS) is 14.7. The van der Waals surface area contributed by atoms with Crippen LogP contribution < -0.4 is 10.9 Å². The lowest BCUT2D eigenvalue weighted by Crippen LogP contribution is -2.34. The second-order valence-electron chi connectivity index (χ2n) is 6.88. The number of hydrogen-bond donors (Lipinski definition) is 1. The molecule has 140 valence electrons. The molecule has 1 N–H and O–H groups in total. The van der Waals surface area contributed by atoms with E-state index in [0.29, 0.717) is 10.4 Å². The summed E-state index contributed by atoms with van der Waals surface area (Å²) in [6.45, 7) is 1.82. The first-order valence-electron chi connectivity index (χ1n) is 9.08. The number of carbonyl (C=O) groups is 1. The highest BCUT2D eigenvalue weighted by Crippen LogP contribution is 2.33. The molecule has 1 aliphatic carbocycles. The van der Waals surface area contributed by atoms with Gasteiger partial charge in [0.25, 0.3) is 5.56 Å². The van der Waals surface area contributed by atoms with Crippen LogP contribution in [-0.4, -0.2) is 15.5 Å². The van der Waals surface area contributed by atoms with Crippen LogP contribution in [0.25, 0.3) is 10.2 Å². The monoisotopic (exact) mass is 401 g/mol. The minimum absolute atomic E-state index is 0.0544. The Hall–Kier alpha value is -2.18. The van der Waals surface area contributed by atoms with Gasteiger partial charge in [-0.25, -0.2) is 4.98 Å². The Kier molecular flexibility index (Phi) is 5.02. The summed E-state index contributed by atoms with van der Waals surface area (Å²) in [6.07, 6.45) is 5.68. The van der Waals surface area contributed by atoms with Gasteiger partial charge >= 0.3 is 0 Å². The van der Waals surface area contributed by atoms with E-state index in [2.05, 4.69) is 10.3 Å². The van der Waals surface area contributed by atoms with Crippen molar-refractivity contribution >= 4 is 39.1 Å². The Morgan fingerprint density at radius 1 is 1.33 bits per heavy atom. The van der Waals surface area contributed by atoms with Gasteiger partial charge in [0, 0.05) is 9.90 Å². The van der Waals surface area contributed by atoms with E-state index >= 15 is 0 Å². The summed E-state index contributed by atoms with van der Waals surface area (Å²) in [4.78, 5) is 31.9. The Balaban J connectivity index is 1.56. The van der Waals surface area contributed by atoms with E-state index in [4.69, 9.17) is 11.6 Å². The average molecular weight is 402 g/mol. The minimum atomic E-state index is -0.243. The van der Waals surface area contributed by atoms with Gasteiger partial charge in [0.15, 0.2) is 0 Å². The van der Waals surface area contributed by atoms with Gasteiger partial charge in [-0.3, -0.25) is 14.2 Å². The molecule has 7 heteroatoms. The molecule has 0 unspecified atom stereocenters. The summed E-state index contributed by atoms with van der Waals surface area (Å²) in [7, 11) is 0. The Morgan fingerprint density at radius 3 is 2.93 bits per heavy atom. The summed E-state index contributed by atoms with van der Waals surface area (Å²) in [5.74, 6) is -0.241. The van der Waals surface area contributed by atoms with E-state index < -0.39 is 0 Å². The van der Waals surface area contributed by atoms with E-state index in [1.54, 1.807) is 17.4 Å². The number of aromatic nitrogens is 2. The molecule has 1 atom stereocenters. The number of carbonyl (C=O) groups excluding carboxylic acids is 1. The van der Waals surface area contributed by atoms with Crippen molar-refractivity contribution in [1.29, 1.82) is 0 Å². The summed E-state index contributed by atoms with van der Waals surface area (Å²) < 4.78 is 1.40. The summed E-state index contributed by atoms with van der Waals surface area (Å²) >= 11 is 7.80. The quantitative estimate of drug-likeness (QED) is 0.721. The Labute approximate surface area is 166 Å². The van der Waals surface area contributed by atoms with E-state index in [1.807, 2.05) is 25.1 Å². The molecule has 0 bridgehead atoms. The van der Waals surface area contributed by atoms with Crippen LogP contribution in [-0.2, 0) is 24.2 Å². The SMILES string of the molecule is C[C@H](NC(=O)Cn1cnc2sc3c(c2c1=O)CCCC3)c1ccccc1Cl. The fourth-order valence-electron chi connectivity index (χ4n) is 3.64. The molecule has 5 nitrogen and oxygen atoms in total. The van der Waals surface area contributed by atoms with Crippen molar-refractivity contribution in [2.75, 3.05) is 0 Å². The largest absolute Gasteiger partial charge is 0.348 e. The minimum Gasteiger partial charge on any atom is -0.348 e. The van der Waals surface area contributed by atoms with Crippen LogP contribution in [0, 0.1) is 0 Å². The number of aryl methyl sites for hydroxylation is 2. The number of nitrogens with zero attached hydrogens (tertiary/aromatic N) is 2. The van der Waals surface area contributed by atoms with Gasteiger partial charge < -0.3 is 5.32 Å². The highest BCUT2D eigenvalue weighted by atomic mass is 35.5. The first-order chi connectivity index (χ1) is 13.0. The molecule has 0 saturated heterocycles. The van der Waals surface area contributed by atoms with Gasteiger partial charge in [-0.15, -0.1) is 11.3 Å². The predicted octanol–water partition coefficient (Wildman–Crippen LogP) is 3.87. The van der Waals surface area contributed by atoms with Gasteiger partial charge in [0.2, 0.25) is 5.91 Å². The lowest BCUT2D eigenvalue weighted by Gasteiger charge is -2.16. The molecule has 3 aromatic rings.